The second kappa shape index (κ2) is 8.89. The van der Waals surface area contributed by atoms with Crippen molar-refractivity contribution >= 4 is 12.0 Å². The average Bonchev–Trinajstić information content (AvgIpc) is 2.64. The van der Waals surface area contributed by atoms with Crippen LogP contribution in [-0.4, -0.2) is 38.8 Å². The van der Waals surface area contributed by atoms with Gasteiger partial charge in [-0.3, -0.25) is 0 Å². The fourth-order valence-corrected chi connectivity index (χ4v) is 2.33. The van der Waals surface area contributed by atoms with Gasteiger partial charge in [0.15, 0.2) is 0 Å². The highest BCUT2D eigenvalue weighted by Gasteiger charge is 2.17. The first-order chi connectivity index (χ1) is 12.1. The summed E-state index contributed by atoms with van der Waals surface area (Å²) in [6, 6.07) is 8.24. The summed E-state index contributed by atoms with van der Waals surface area (Å²) < 4.78 is 29.1. The minimum absolute atomic E-state index is 0.121. The van der Waals surface area contributed by atoms with E-state index in [4.69, 9.17) is 19.3 Å². The predicted octanol–water partition coefficient (Wildman–Crippen LogP) is 2.57. The van der Waals surface area contributed by atoms with Crippen molar-refractivity contribution in [3.63, 3.8) is 0 Å². The molecule has 0 heterocycles. The lowest BCUT2D eigenvalue weighted by molar-refractivity contribution is -0.108. The van der Waals surface area contributed by atoms with Crippen LogP contribution in [0.1, 0.15) is 11.6 Å². The Morgan fingerprint density at radius 2 is 1.92 bits per heavy atom. The Morgan fingerprint density at radius 1 is 1.16 bits per heavy atom. The zero-order valence-corrected chi connectivity index (χ0v) is 14.0. The normalized spacial score (nSPS) is 11.5. The van der Waals surface area contributed by atoms with Crippen molar-refractivity contribution in [1.29, 1.82) is 0 Å². The first-order valence-electron chi connectivity index (χ1n) is 7.59. The number of nitrogens with one attached hydrogen (secondary N) is 1. The summed E-state index contributed by atoms with van der Waals surface area (Å²) in [5.41, 5.74) is 1.07. The molecule has 7 heteroatoms. The lowest BCUT2D eigenvalue weighted by atomic mass is 10.1. The standard InChI is InChI=1S/C18H20FNO5/c1-23-14-8-13(9-15(10-14)25-6-5-21)20-17(11-22)16-4-3-12(19)7-18(16)24-2/h3-4,7-11,17,20-21H,5-6H2,1-2H3/t17-/m1/s1. The summed E-state index contributed by atoms with van der Waals surface area (Å²) in [5, 5.41) is 11.9. The maximum atomic E-state index is 13.4. The molecule has 134 valence electrons. The topological polar surface area (TPSA) is 77.0 Å². The molecule has 0 amide bonds. The summed E-state index contributed by atoms with van der Waals surface area (Å²) in [6.45, 7) is 0.0131. The Kier molecular flexibility index (Phi) is 6.59. The van der Waals surface area contributed by atoms with Crippen molar-refractivity contribution in [2.24, 2.45) is 0 Å². The number of aldehydes is 1. The van der Waals surface area contributed by atoms with E-state index >= 15 is 0 Å². The highest BCUT2D eigenvalue weighted by molar-refractivity contribution is 5.70. The van der Waals surface area contributed by atoms with Gasteiger partial charge in [-0.05, 0) is 12.1 Å². The maximum absolute atomic E-state index is 13.4. The molecule has 6 nitrogen and oxygen atoms in total. The van der Waals surface area contributed by atoms with E-state index < -0.39 is 11.9 Å². The lowest BCUT2D eigenvalue weighted by Crippen LogP contribution is -2.13. The van der Waals surface area contributed by atoms with E-state index in [0.29, 0.717) is 29.0 Å². The number of rotatable bonds is 9. The Hall–Kier alpha value is -2.80. The number of aliphatic hydroxyl groups excluding tert-OH is 1. The van der Waals surface area contributed by atoms with Crippen molar-refractivity contribution in [3.8, 4) is 17.2 Å². The van der Waals surface area contributed by atoms with E-state index in [1.165, 1.54) is 32.4 Å². The molecule has 1 atom stereocenters. The van der Waals surface area contributed by atoms with Crippen LogP contribution in [0.5, 0.6) is 17.2 Å². The van der Waals surface area contributed by atoms with Gasteiger partial charge in [0.1, 0.15) is 42.0 Å². The Bertz CT molecular complexity index is 723. The van der Waals surface area contributed by atoms with Gasteiger partial charge in [0.05, 0.1) is 20.8 Å². The van der Waals surface area contributed by atoms with Crippen molar-refractivity contribution in [2.45, 2.75) is 6.04 Å². The number of carbonyl (C=O) groups is 1. The van der Waals surface area contributed by atoms with Gasteiger partial charge in [0.2, 0.25) is 0 Å². The molecule has 0 unspecified atom stereocenters. The molecule has 0 aliphatic heterocycles. The number of benzene rings is 2. The molecule has 0 aliphatic rings. The Labute approximate surface area is 145 Å². The molecule has 2 aromatic carbocycles. The van der Waals surface area contributed by atoms with Crippen molar-refractivity contribution in [3.05, 3.63) is 47.8 Å². The third-order valence-electron chi connectivity index (χ3n) is 3.46. The van der Waals surface area contributed by atoms with Gasteiger partial charge >= 0.3 is 0 Å². The van der Waals surface area contributed by atoms with E-state index in [9.17, 15) is 9.18 Å². The minimum atomic E-state index is -0.756. The average molecular weight is 349 g/mol. The number of aliphatic hydroxyl groups is 1. The van der Waals surface area contributed by atoms with Crippen LogP contribution in [0.25, 0.3) is 0 Å². The molecule has 0 aliphatic carbocycles. The number of anilines is 1. The van der Waals surface area contributed by atoms with Crippen LogP contribution >= 0.6 is 0 Å². The fourth-order valence-electron chi connectivity index (χ4n) is 2.33. The number of carbonyl (C=O) groups excluding carboxylic acids is 1. The SMILES string of the molecule is COc1cc(N[C@H](C=O)c2ccc(F)cc2OC)cc(OCCO)c1. The minimum Gasteiger partial charge on any atom is -0.497 e. The van der Waals surface area contributed by atoms with Gasteiger partial charge in [-0.1, -0.05) is 0 Å². The molecule has 0 fully saturated rings. The molecule has 0 saturated heterocycles. The van der Waals surface area contributed by atoms with Crippen LogP contribution in [-0.2, 0) is 4.79 Å². The van der Waals surface area contributed by atoms with E-state index in [1.54, 1.807) is 18.2 Å². The summed E-state index contributed by atoms with van der Waals surface area (Å²) in [6.07, 6.45) is 0.698. The zero-order valence-electron chi connectivity index (χ0n) is 14.0. The van der Waals surface area contributed by atoms with Gasteiger partial charge in [-0.25, -0.2) is 4.39 Å². The van der Waals surface area contributed by atoms with Crippen LogP contribution < -0.4 is 19.5 Å². The first kappa shape index (κ1) is 18.5. The molecule has 0 bridgehead atoms. The van der Waals surface area contributed by atoms with E-state index in [2.05, 4.69) is 5.32 Å². The number of ether oxygens (including phenoxy) is 3. The monoisotopic (exact) mass is 349 g/mol. The molecule has 0 radical (unpaired) electrons. The number of methoxy groups -OCH3 is 2. The second-order valence-electron chi connectivity index (χ2n) is 5.11. The van der Waals surface area contributed by atoms with Crippen LogP contribution in [0, 0.1) is 5.82 Å². The van der Waals surface area contributed by atoms with Crippen molar-refractivity contribution in [2.75, 3.05) is 32.8 Å². The maximum Gasteiger partial charge on any atom is 0.146 e. The van der Waals surface area contributed by atoms with Crippen LogP contribution in [0.3, 0.4) is 0 Å². The molecule has 2 rings (SSSR count). The van der Waals surface area contributed by atoms with Crippen LogP contribution in [0.4, 0.5) is 10.1 Å². The second-order valence-corrected chi connectivity index (χ2v) is 5.11. The van der Waals surface area contributed by atoms with Gasteiger partial charge in [-0.15, -0.1) is 0 Å². The smallest absolute Gasteiger partial charge is 0.146 e. The highest BCUT2D eigenvalue weighted by Crippen LogP contribution is 2.31. The van der Waals surface area contributed by atoms with Gasteiger partial charge < -0.3 is 29.4 Å². The molecular formula is C18H20FNO5. The molecule has 25 heavy (non-hydrogen) atoms. The van der Waals surface area contributed by atoms with Crippen molar-refractivity contribution in [1.82, 2.24) is 0 Å². The first-order valence-corrected chi connectivity index (χ1v) is 7.59. The quantitative estimate of drug-likeness (QED) is 0.678. The van der Waals surface area contributed by atoms with Gasteiger partial charge in [0.25, 0.3) is 0 Å². The Balaban J connectivity index is 2.30. The number of halogens is 1. The van der Waals surface area contributed by atoms with Crippen LogP contribution in [0.15, 0.2) is 36.4 Å². The van der Waals surface area contributed by atoms with Crippen LogP contribution in [0.2, 0.25) is 0 Å². The molecule has 0 saturated carbocycles. The van der Waals surface area contributed by atoms with E-state index in [1.807, 2.05) is 0 Å². The number of hydrogen-bond acceptors (Lipinski definition) is 6. The largest absolute Gasteiger partial charge is 0.497 e. The van der Waals surface area contributed by atoms with E-state index in [0.717, 1.165) is 0 Å². The Morgan fingerprint density at radius 3 is 2.56 bits per heavy atom. The summed E-state index contributed by atoms with van der Waals surface area (Å²) in [4.78, 5) is 11.6. The molecule has 2 aromatic rings. The molecule has 0 spiro atoms. The highest BCUT2D eigenvalue weighted by atomic mass is 19.1. The zero-order chi connectivity index (χ0) is 18.2. The van der Waals surface area contributed by atoms with Crippen molar-refractivity contribution < 1.29 is 28.5 Å². The van der Waals surface area contributed by atoms with Gasteiger partial charge in [-0.2, -0.15) is 0 Å². The molecule has 0 aromatic heterocycles. The molecular weight excluding hydrogens is 329 g/mol. The lowest BCUT2D eigenvalue weighted by Gasteiger charge is -2.18. The predicted molar refractivity (Wildman–Crippen MR) is 91.0 cm³/mol. The fraction of sp³-hybridized carbons (Fsp3) is 0.278. The summed E-state index contributed by atoms with van der Waals surface area (Å²) in [5.74, 6) is 0.816. The summed E-state index contributed by atoms with van der Waals surface area (Å²) in [7, 11) is 2.92. The third-order valence-corrected chi connectivity index (χ3v) is 3.46. The summed E-state index contributed by atoms with van der Waals surface area (Å²) >= 11 is 0. The number of hydrogen-bond donors (Lipinski definition) is 2. The third kappa shape index (κ3) is 4.84. The molecule has 2 N–H and O–H groups in total. The van der Waals surface area contributed by atoms with E-state index in [-0.39, 0.29) is 19.0 Å². The van der Waals surface area contributed by atoms with Gasteiger partial charge in [0, 0.05) is 35.5 Å².